The normalized spacial score (nSPS) is 14.8. The first-order chi connectivity index (χ1) is 13.9. The maximum Gasteiger partial charge on any atom is 0.339 e. The summed E-state index contributed by atoms with van der Waals surface area (Å²) in [4.78, 5) is 49.0. The van der Waals surface area contributed by atoms with E-state index in [-0.39, 0.29) is 30.0 Å². The second-order valence-corrected chi connectivity index (χ2v) is 7.23. The highest BCUT2D eigenvalue weighted by Gasteiger charge is 2.29. The summed E-state index contributed by atoms with van der Waals surface area (Å²) in [7, 11) is 1.55. The highest BCUT2D eigenvalue weighted by Crippen LogP contribution is 2.28. The summed E-state index contributed by atoms with van der Waals surface area (Å²) < 4.78 is 10.6. The lowest BCUT2D eigenvalue weighted by Crippen LogP contribution is -2.41. The zero-order valence-electron chi connectivity index (χ0n) is 16.0. The van der Waals surface area contributed by atoms with Gasteiger partial charge in [-0.25, -0.2) is 4.79 Å². The standard InChI is InChI=1S/C20H20N2O6S/c1-12(18(24)21-9-10-22-17(23)11-29-20(22)26)28-19(25)15-7-8-16(27-2)14-6-4-3-5-13(14)15/h3-8,12H,9-11H2,1-2H3,(H,21,24)/t12-/m0/s1. The minimum absolute atomic E-state index is 0.0835. The minimum atomic E-state index is -1.04. The van der Waals surface area contributed by atoms with Crippen LogP contribution in [0.3, 0.4) is 0 Å². The van der Waals surface area contributed by atoms with Crippen molar-refractivity contribution < 1.29 is 28.7 Å². The molecule has 0 unspecified atom stereocenters. The van der Waals surface area contributed by atoms with E-state index in [0.717, 1.165) is 22.0 Å². The van der Waals surface area contributed by atoms with Crippen molar-refractivity contribution in [3.63, 3.8) is 0 Å². The Morgan fingerprint density at radius 2 is 1.90 bits per heavy atom. The molecule has 1 aliphatic heterocycles. The predicted octanol–water partition coefficient (Wildman–Crippen LogP) is 2.21. The molecule has 1 N–H and O–H groups in total. The molecule has 1 fully saturated rings. The number of thioether (sulfide) groups is 1. The lowest BCUT2D eigenvalue weighted by molar-refractivity contribution is -0.130. The number of carbonyl (C=O) groups excluding carboxylic acids is 4. The lowest BCUT2D eigenvalue weighted by Gasteiger charge is -2.17. The summed E-state index contributed by atoms with van der Waals surface area (Å²) in [5.74, 6) is -0.667. The number of nitrogens with one attached hydrogen (secondary N) is 1. The Kier molecular flexibility index (Phi) is 6.38. The molecule has 9 heteroatoms. The van der Waals surface area contributed by atoms with Gasteiger partial charge in [0.2, 0.25) is 5.91 Å². The molecule has 1 atom stereocenters. The van der Waals surface area contributed by atoms with Crippen molar-refractivity contribution in [1.82, 2.24) is 10.2 Å². The van der Waals surface area contributed by atoms with Crippen molar-refractivity contribution in [3.05, 3.63) is 42.0 Å². The van der Waals surface area contributed by atoms with Crippen LogP contribution in [0.1, 0.15) is 17.3 Å². The first-order valence-electron chi connectivity index (χ1n) is 8.94. The molecule has 0 bridgehead atoms. The Hall–Kier alpha value is -3.07. The van der Waals surface area contributed by atoms with Gasteiger partial charge in [-0.05, 0) is 24.4 Å². The summed E-state index contributed by atoms with van der Waals surface area (Å²) in [6.07, 6.45) is -1.04. The van der Waals surface area contributed by atoms with Crippen LogP contribution >= 0.6 is 11.8 Å². The van der Waals surface area contributed by atoms with Gasteiger partial charge in [-0.3, -0.25) is 19.3 Å². The largest absolute Gasteiger partial charge is 0.496 e. The highest BCUT2D eigenvalue weighted by atomic mass is 32.2. The van der Waals surface area contributed by atoms with E-state index in [0.29, 0.717) is 16.7 Å². The lowest BCUT2D eigenvalue weighted by atomic mass is 10.0. The van der Waals surface area contributed by atoms with Gasteiger partial charge >= 0.3 is 5.97 Å². The molecular formula is C20H20N2O6S. The third-order valence-corrected chi connectivity index (χ3v) is 5.31. The van der Waals surface area contributed by atoms with E-state index < -0.39 is 18.0 Å². The van der Waals surface area contributed by atoms with Crippen LogP contribution in [-0.2, 0) is 14.3 Å². The fourth-order valence-corrected chi connectivity index (χ4v) is 3.69. The van der Waals surface area contributed by atoms with Crippen LogP contribution in [-0.4, -0.2) is 60.0 Å². The Morgan fingerprint density at radius 3 is 2.55 bits per heavy atom. The number of rotatable bonds is 7. The van der Waals surface area contributed by atoms with Gasteiger partial charge in [0, 0.05) is 18.5 Å². The maximum absolute atomic E-state index is 12.6. The molecular weight excluding hydrogens is 396 g/mol. The Bertz CT molecular complexity index is 961. The summed E-state index contributed by atoms with van der Waals surface area (Å²) in [6, 6.07) is 10.5. The van der Waals surface area contributed by atoms with Crippen molar-refractivity contribution in [2.24, 2.45) is 0 Å². The highest BCUT2D eigenvalue weighted by molar-refractivity contribution is 8.14. The Morgan fingerprint density at radius 1 is 1.17 bits per heavy atom. The van der Waals surface area contributed by atoms with Gasteiger partial charge in [-0.15, -0.1) is 0 Å². The second-order valence-electron chi connectivity index (χ2n) is 6.30. The predicted molar refractivity (Wildman–Crippen MR) is 108 cm³/mol. The molecule has 1 saturated heterocycles. The summed E-state index contributed by atoms with van der Waals surface area (Å²) in [5.41, 5.74) is 0.325. The zero-order valence-corrected chi connectivity index (χ0v) is 16.8. The molecule has 152 valence electrons. The minimum Gasteiger partial charge on any atom is -0.496 e. The fourth-order valence-electron chi connectivity index (χ4n) is 2.94. The van der Waals surface area contributed by atoms with Gasteiger partial charge < -0.3 is 14.8 Å². The number of ether oxygens (including phenoxy) is 2. The molecule has 29 heavy (non-hydrogen) atoms. The second kappa shape index (κ2) is 8.95. The van der Waals surface area contributed by atoms with Gasteiger partial charge in [0.15, 0.2) is 6.10 Å². The molecule has 1 heterocycles. The van der Waals surface area contributed by atoms with Crippen LogP contribution in [0.5, 0.6) is 5.75 Å². The Labute approximate surface area is 171 Å². The van der Waals surface area contributed by atoms with E-state index in [9.17, 15) is 19.2 Å². The average molecular weight is 416 g/mol. The van der Waals surface area contributed by atoms with Crippen molar-refractivity contribution in [1.29, 1.82) is 0 Å². The van der Waals surface area contributed by atoms with Gasteiger partial charge in [0.05, 0.1) is 18.4 Å². The van der Waals surface area contributed by atoms with E-state index in [1.165, 1.54) is 6.92 Å². The smallest absolute Gasteiger partial charge is 0.339 e. The molecule has 0 aliphatic carbocycles. The molecule has 3 amide bonds. The molecule has 0 radical (unpaired) electrons. The van der Waals surface area contributed by atoms with Crippen LogP contribution in [0.15, 0.2) is 36.4 Å². The molecule has 8 nitrogen and oxygen atoms in total. The third kappa shape index (κ3) is 4.51. The zero-order chi connectivity index (χ0) is 21.0. The molecule has 0 saturated carbocycles. The van der Waals surface area contributed by atoms with Crippen molar-refractivity contribution in [2.75, 3.05) is 26.0 Å². The average Bonchev–Trinajstić information content (AvgIpc) is 3.04. The third-order valence-electron chi connectivity index (χ3n) is 4.45. The van der Waals surface area contributed by atoms with Gasteiger partial charge in [0.1, 0.15) is 5.75 Å². The molecule has 1 aliphatic rings. The number of amides is 3. The number of nitrogens with zero attached hydrogens (tertiary/aromatic N) is 1. The van der Waals surface area contributed by atoms with Gasteiger partial charge in [-0.2, -0.15) is 0 Å². The Balaban J connectivity index is 1.60. The van der Waals surface area contributed by atoms with E-state index in [1.807, 2.05) is 12.1 Å². The van der Waals surface area contributed by atoms with E-state index in [2.05, 4.69) is 5.32 Å². The van der Waals surface area contributed by atoms with Crippen molar-refractivity contribution in [3.8, 4) is 5.75 Å². The number of imide groups is 1. The van der Waals surface area contributed by atoms with Crippen LogP contribution < -0.4 is 10.1 Å². The molecule has 3 rings (SSSR count). The maximum atomic E-state index is 12.6. The number of esters is 1. The molecule has 2 aromatic carbocycles. The summed E-state index contributed by atoms with van der Waals surface area (Å²) in [6.45, 7) is 1.63. The van der Waals surface area contributed by atoms with E-state index in [1.54, 1.807) is 31.4 Å². The monoisotopic (exact) mass is 416 g/mol. The first kappa shape index (κ1) is 20.7. The number of hydrogen-bond acceptors (Lipinski definition) is 7. The van der Waals surface area contributed by atoms with Crippen LogP contribution in [0.4, 0.5) is 4.79 Å². The number of fused-ring (bicyclic) bond motifs is 1. The summed E-state index contributed by atoms with van der Waals surface area (Å²) >= 11 is 0.935. The number of hydrogen-bond donors (Lipinski definition) is 1. The molecule has 0 spiro atoms. The number of benzene rings is 2. The summed E-state index contributed by atoms with van der Waals surface area (Å²) in [5, 5.41) is 3.67. The number of methoxy groups -OCH3 is 1. The van der Waals surface area contributed by atoms with Gasteiger partial charge in [-0.1, -0.05) is 36.0 Å². The van der Waals surface area contributed by atoms with Gasteiger partial charge in [0.25, 0.3) is 11.1 Å². The molecule has 2 aromatic rings. The van der Waals surface area contributed by atoms with Crippen molar-refractivity contribution in [2.45, 2.75) is 13.0 Å². The first-order valence-corrected chi connectivity index (χ1v) is 9.92. The van der Waals surface area contributed by atoms with Crippen LogP contribution in [0.2, 0.25) is 0 Å². The van der Waals surface area contributed by atoms with Crippen LogP contribution in [0, 0.1) is 0 Å². The topological polar surface area (TPSA) is 102 Å². The van der Waals surface area contributed by atoms with Crippen LogP contribution in [0.25, 0.3) is 10.8 Å². The van der Waals surface area contributed by atoms with E-state index >= 15 is 0 Å². The number of carbonyl (C=O) groups is 4. The van der Waals surface area contributed by atoms with E-state index in [4.69, 9.17) is 9.47 Å². The molecule has 0 aromatic heterocycles. The van der Waals surface area contributed by atoms with Crippen molar-refractivity contribution >= 4 is 45.6 Å². The quantitative estimate of drug-likeness (QED) is 0.691. The SMILES string of the molecule is COc1ccc(C(=O)O[C@@H](C)C(=O)NCCN2C(=O)CSC2=O)c2ccccc12. The fraction of sp³-hybridized carbons (Fsp3) is 0.300.